The molecule has 206 valence electrons. The van der Waals surface area contributed by atoms with E-state index in [1.165, 1.54) is 19.4 Å². The van der Waals surface area contributed by atoms with Crippen LogP contribution < -0.4 is 0 Å². The average Bonchev–Trinajstić information content (AvgIpc) is 3.58. The summed E-state index contributed by atoms with van der Waals surface area (Å²) in [5, 5.41) is 2.46. The molecule has 2 atom stereocenters. The van der Waals surface area contributed by atoms with Gasteiger partial charge in [0.25, 0.3) is 0 Å². The maximum atomic E-state index is 5.53. The number of hydrogen-bond acceptors (Lipinski definition) is 10. The summed E-state index contributed by atoms with van der Waals surface area (Å²) >= 11 is 3.66. The van der Waals surface area contributed by atoms with Gasteiger partial charge in [-0.25, -0.2) is 9.97 Å². The third-order valence-electron chi connectivity index (χ3n) is 6.49. The van der Waals surface area contributed by atoms with E-state index in [0.717, 1.165) is 34.6 Å². The van der Waals surface area contributed by atoms with Crippen LogP contribution in [-0.2, 0) is 18.9 Å². The second-order valence-corrected chi connectivity index (χ2v) is 17.3. The van der Waals surface area contributed by atoms with Crippen LogP contribution in [0.15, 0.2) is 48.5 Å². The van der Waals surface area contributed by atoms with Crippen molar-refractivity contribution in [2.45, 2.75) is 35.8 Å². The molecule has 38 heavy (non-hydrogen) atoms. The Kier molecular flexibility index (Phi) is 12.6. The van der Waals surface area contributed by atoms with Gasteiger partial charge < -0.3 is 18.9 Å². The molecule has 4 rings (SSSR count). The second-order valence-electron chi connectivity index (χ2n) is 8.96. The summed E-state index contributed by atoms with van der Waals surface area (Å²) in [5.74, 6) is 2.78. The lowest BCUT2D eigenvalue weighted by Gasteiger charge is -2.19. The molecule has 2 unspecified atom stereocenters. The molecule has 0 aliphatic heterocycles. The number of thiazole rings is 2. The van der Waals surface area contributed by atoms with Gasteiger partial charge in [0, 0.05) is 51.8 Å². The summed E-state index contributed by atoms with van der Waals surface area (Å²) in [4.78, 5) is 10.0. The van der Waals surface area contributed by atoms with Crippen molar-refractivity contribution in [1.29, 1.82) is 0 Å². The molecule has 2 aromatic carbocycles. The van der Waals surface area contributed by atoms with Gasteiger partial charge in [0.05, 0.1) is 49.5 Å². The SMILES string of the molecule is COC(OC)[SiH2]CC(CSSCC(C[SiH2]C(OC)OC)c1nc2ccccc2s1)c1nc2ccccc2s1. The zero-order chi connectivity index (χ0) is 26.7. The van der Waals surface area contributed by atoms with Crippen LogP contribution >= 0.6 is 44.3 Å². The molecular formula is C26H36N2O4S4Si2. The first kappa shape index (κ1) is 30.2. The van der Waals surface area contributed by atoms with E-state index in [-0.39, 0.29) is 11.8 Å². The fourth-order valence-electron chi connectivity index (χ4n) is 4.28. The van der Waals surface area contributed by atoms with Crippen LogP contribution in [0.1, 0.15) is 21.9 Å². The Balaban J connectivity index is 1.41. The molecule has 0 saturated heterocycles. The minimum Gasteiger partial charge on any atom is -0.360 e. The van der Waals surface area contributed by atoms with Gasteiger partial charge in [0.2, 0.25) is 0 Å². The van der Waals surface area contributed by atoms with Crippen molar-refractivity contribution in [3.8, 4) is 0 Å². The molecule has 4 aromatic rings. The number of methoxy groups -OCH3 is 4. The van der Waals surface area contributed by atoms with Crippen LogP contribution in [0.4, 0.5) is 0 Å². The van der Waals surface area contributed by atoms with Crippen molar-refractivity contribution >= 4 is 83.7 Å². The smallest absolute Gasteiger partial charge is 0.134 e. The van der Waals surface area contributed by atoms with Gasteiger partial charge in [-0.1, -0.05) is 45.9 Å². The molecule has 12 heteroatoms. The lowest BCUT2D eigenvalue weighted by Crippen LogP contribution is -2.23. The van der Waals surface area contributed by atoms with Gasteiger partial charge in [-0.2, -0.15) is 0 Å². The van der Waals surface area contributed by atoms with Crippen LogP contribution in [0.25, 0.3) is 20.4 Å². The van der Waals surface area contributed by atoms with E-state index in [0.29, 0.717) is 11.8 Å². The lowest BCUT2D eigenvalue weighted by molar-refractivity contribution is -0.0443. The van der Waals surface area contributed by atoms with E-state index in [4.69, 9.17) is 28.9 Å². The van der Waals surface area contributed by atoms with E-state index in [1.807, 2.05) is 44.3 Å². The molecule has 0 spiro atoms. The van der Waals surface area contributed by atoms with Crippen LogP contribution in [0.5, 0.6) is 0 Å². The minimum atomic E-state index is -0.562. The number of para-hydroxylation sites is 2. The van der Waals surface area contributed by atoms with Crippen LogP contribution in [0.2, 0.25) is 12.1 Å². The van der Waals surface area contributed by atoms with Crippen molar-refractivity contribution in [2.75, 3.05) is 39.9 Å². The van der Waals surface area contributed by atoms with E-state index in [2.05, 4.69) is 48.5 Å². The molecule has 2 aromatic heterocycles. The van der Waals surface area contributed by atoms with Gasteiger partial charge in [-0.3, -0.25) is 0 Å². The summed E-state index contributed by atoms with van der Waals surface area (Å²) in [7, 11) is 9.75. The molecular weight excluding hydrogens is 589 g/mol. The lowest BCUT2D eigenvalue weighted by atomic mass is 10.2. The summed E-state index contributed by atoms with van der Waals surface area (Å²) in [6.07, 6.45) is 0. The summed E-state index contributed by atoms with van der Waals surface area (Å²) in [6.45, 7) is 0. The Hall–Kier alpha value is -0.806. The molecule has 0 N–H and O–H groups in total. The second kappa shape index (κ2) is 15.8. The maximum Gasteiger partial charge on any atom is 0.134 e. The topological polar surface area (TPSA) is 62.7 Å². The van der Waals surface area contributed by atoms with E-state index in [9.17, 15) is 0 Å². The number of fused-ring (bicyclic) bond motifs is 2. The van der Waals surface area contributed by atoms with Crippen molar-refractivity contribution in [2.24, 2.45) is 0 Å². The molecule has 6 nitrogen and oxygen atoms in total. The number of rotatable bonds is 17. The Labute approximate surface area is 245 Å². The molecule has 0 radical (unpaired) electrons. The first-order chi connectivity index (χ1) is 18.6. The van der Waals surface area contributed by atoms with Crippen LogP contribution in [0, 0.1) is 0 Å². The number of nitrogens with zero attached hydrogens (tertiary/aromatic N) is 2. The molecule has 0 saturated carbocycles. The molecule has 0 aliphatic rings. The first-order valence-electron chi connectivity index (χ1n) is 12.7. The van der Waals surface area contributed by atoms with Crippen molar-refractivity contribution in [3.63, 3.8) is 0 Å². The van der Waals surface area contributed by atoms with E-state index >= 15 is 0 Å². The van der Waals surface area contributed by atoms with E-state index < -0.39 is 19.0 Å². The third-order valence-corrected chi connectivity index (χ3v) is 15.8. The number of ether oxygens (including phenoxy) is 4. The highest BCUT2D eigenvalue weighted by molar-refractivity contribution is 8.76. The summed E-state index contributed by atoms with van der Waals surface area (Å²) in [5.41, 5.74) is 2.19. The average molecular weight is 625 g/mol. The standard InChI is InChI=1S/C26H36N2O4S4Si2/c1-29-25(30-2)37-15-17(23-27-19-9-5-7-11-21(19)35-23)13-33-34-14-18(16-38-26(31-3)32-4)24-28-20-10-6-8-12-22(20)36-24/h5-12,17-18,25-26H,13-16,37-38H2,1-4H3. The Bertz CT molecular complexity index is 1090. The quantitative estimate of drug-likeness (QED) is 0.0663. The Morgan fingerprint density at radius 1 is 0.658 bits per heavy atom. The van der Waals surface area contributed by atoms with Gasteiger partial charge in [0.1, 0.15) is 11.8 Å². The largest absolute Gasteiger partial charge is 0.360 e. The predicted molar refractivity (Wildman–Crippen MR) is 172 cm³/mol. The maximum absolute atomic E-state index is 5.53. The molecule has 0 fully saturated rings. The highest BCUT2D eigenvalue weighted by Crippen LogP contribution is 2.39. The molecule has 0 aliphatic carbocycles. The third kappa shape index (κ3) is 8.35. The molecule has 0 bridgehead atoms. The van der Waals surface area contributed by atoms with Crippen molar-refractivity contribution < 1.29 is 18.9 Å². The van der Waals surface area contributed by atoms with Crippen LogP contribution in [-0.4, -0.2) is 80.8 Å². The highest BCUT2D eigenvalue weighted by Gasteiger charge is 2.22. The molecule has 2 heterocycles. The fraction of sp³-hybridized carbons (Fsp3) is 0.462. The number of hydrogen-bond donors (Lipinski definition) is 0. The van der Waals surface area contributed by atoms with Crippen molar-refractivity contribution in [1.82, 2.24) is 9.97 Å². The Morgan fingerprint density at radius 3 is 1.42 bits per heavy atom. The number of benzene rings is 2. The first-order valence-corrected chi connectivity index (χ1v) is 20.5. The van der Waals surface area contributed by atoms with Gasteiger partial charge in [0.15, 0.2) is 0 Å². The van der Waals surface area contributed by atoms with E-state index in [1.54, 1.807) is 28.4 Å². The normalized spacial score (nSPS) is 14.4. The monoisotopic (exact) mass is 624 g/mol. The highest BCUT2D eigenvalue weighted by atomic mass is 33.1. The van der Waals surface area contributed by atoms with Crippen molar-refractivity contribution in [3.05, 3.63) is 58.5 Å². The van der Waals surface area contributed by atoms with Gasteiger partial charge in [-0.15, -0.1) is 22.7 Å². The summed E-state index contributed by atoms with van der Waals surface area (Å²) in [6, 6.07) is 19.1. The van der Waals surface area contributed by atoms with Gasteiger partial charge in [-0.05, 0) is 36.4 Å². The minimum absolute atomic E-state index is 0.0487. The molecule has 0 amide bonds. The summed E-state index contributed by atoms with van der Waals surface area (Å²) < 4.78 is 24.6. The fourth-order valence-corrected chi connectivity index (χ4v) is 13.7. The zero-order valence-electron chi connectivity index (χ0n) is 22.3. The van der Waals surface area contributed by atoms with Gasteiger partial charge >= 0.3 is 0 Å². The Morgan fingerprint density at radius 2 is 1.05 bits per heavy atom. The predicted octanol–water partition coefficient (Wildman–Crippen LogP) is 5.48. The zero-order valence-corrected chi connectivity index (χ0v) is 28.4. The van der Waals surface area contributed by atoms with Crippen LogP contribution in [0.3, 0.4) is 0 Å². The number of aromatic nitrogens is 2.